The summed E-state index contributed by atoms with van der Waals surface area (Å²) in [7, 11) is 0. The molecule has 1 N–H and O–H groups in total. The first-order valence-corrected chi connectivity index (χ1v) is 12.4. The van der Waals surface area contributed by atoms with Gasteiger partial charge in [0.05, 0.1) is 27.9 Å². The molecule has 8 heteroatoms. The lowest BCUT2D eigenvalue weighted by atomic mass is 10.0. The van der Waals surface area contributed by atoms with Gasteiger partial charge in [0, 0.05) is 17.4 Å². The monoisotopic (exact) mass is 523 g/mol. The van der Waals surface area contributed by atoms with Gasteiger partial charge < -0.3 is 19.4 Å². The molecule has 5 nitrogen and oxygen atoms in total. The molecule has 178 valence electrons. The standard InChI is InChI=1S/C27H23Cl2N3O2S/c1-16(2)33-19-9-7-18(8-10-19)32-26(25(31-27(32)35)22-5-3-4-14-30-22)24-13-12-23(34-24)17-6-11-20(28)21(29)15-17/h3-16,25-26H,1-2H3,(H,31,35)/t25-,26+/m1/s1. The Balaban J connectivity index is 1.55. The SMILES string of the molecule is CC(C)Oc1ccc(N2C(=S)N[C@H](c3ccccn3)[C@@H]2c2ccc(-c3ccc(Cl)c(Cl)c3)o2)cc1. The third kappa shape index (κ3) is 4.87. The summed E-state index contributed by atoms with van der Waals surface area (Å²) in [4.78, 5) is 6.65. The minimum atomic E-state index is -0.259. The first kappa shape index (κ1) is 23.7. The summed E-state index contributed by atoms with van der Waals surface area (Å²) in [5.74, 6) is 2.24. The molecule has 0 amide bonds. The van der Waals surface area contributed by atoms with Gasteiger partial charge in [0.2, 0.25) is 0 Å². The second-order valence-corrected chi connectivity index (χ2v) is 9.69. The van der Waals surface area contributed by atoms with Crippen molar-refractivity contribution in [1.29, 1.82) is 0 Å². The maximum atomic E-state index is 6.38. The summed E-state index contributed by atoms with van der Waals surface area (Å²) in [6, 6.07) is 22.6. The van der Waals surface area contributed by atoms with Crippen molar-refractivity contribution < 1.29 is 9.15 Å². The predicted molar refractivity (Wildman–Crippen MR) is 144 cm³/mol. The van der Waals surface area contributed by atoms with Gasteiger partial charge in [-0.3, -0.25) is 4.98 Å². The summed E-state index contributed by atoms with van der Waals surface area (Å²) in [6.45, 7) is 4.01. The first-order chi connectivity index (χ1) is 16.9. The second kappa shape index (κ2) is 9.90. The van der Waals surface area contributed by atoms with Crippen LogP contribution in [-0.2, 0) is 0 Å². The van der Waals surface area contributed by atoms with Crippen molar-refractivity contribution in [3.05, 3.63) is 100 Å². The lowest BCUT2D eigenvalue weighted by molar-refractivity contribution is 0.242. The van der Waals surface area contributed by atoms with Crippen LogP contribution in [0, 0.1) is 0 Å². The highest BCUT2D eigenvalue weighted by atomic mass is 35.5. The zero-order chi connectivity index (χ0) is 24.5. The van der Waals surface area contributed by atoms with Gasteiger partial charge in [-0.05, 0) is 92.8 Å². The van der Waals surface area contributed by atoms with Crippen molar-refractivity contribution in [3.8, 4) is 17.1 Å². The fourth-order valence-corrected chi connectivity index (χ4v) is 4.84. The fraction of sp³-hybridized carbons (Fsp3) is 0.185. The molecule has 35 heavy (non-hydrogen) atoms. The van der Waals surface area contributed by atoms with Crippen LogP contribution in [0.15, 0.2) is 83.4 Å². The third-order valence-corrected chi connectivity index (χ3v) is 6.76. The minimum Gasteiger partial charge on any atom is -0.491 e. The van der Waals surface area contributed by atoms with E-state index >= 15 is 0 Å². The van der Waals surface area contributed by atoms with Gasteiger partial charge in [-0.1, -0.05) is 29.3 Å². The maximum absolute atomic E-state index is 6.38. The predicted octanol–water partition coefficient (Wildman–Crippen LogP) is 7.61. The van der Waals surface area contributed by atoms with Crippen LogP contribution in [-0.4, -0.2) is 16.2 Å². The Kier molecular flexibility index (Phi) is 6.69. The highest BCUT2D eigenvalue weighted by Gasteiger charge is 2.42. The number of ether oxygens (including phenoxy) is 1. The van der Waals surface area contributed by atoms with Crippen LogP contribution < -0.4 is 15.0 Å². The minimum absolute atomic E-state index is 0.0968. The molecule has 4 aromatic rings. The van der Waals surface area contributed by atoms with Crippen molar-refractivity contribution in [1.82, 2.24) is 10.3 Å². The van der Waals surface area contributed by atoms with Crippen LogP contribution in [0.3, 0.4) is 0 Å². The van der Waals surface area contributed by atoms with Gasteiger partial charge in [0.25, 0.3) is 0 Å². The Morgan fingerprint density at radius 2 is 1.80 bits per heavy atom. The van der Waals surface area contributed by atoms with Gasteiger partial charge in [0.15, 0.2) is 5.11 Å². The lowest BCUT2D eigenvalue weighted by Crippen LogP contribution is -2.29. The number of benzene rings is 2. The van der Waals surface area contributed by atoms with Gasteiger partial charge in [-0.25, -0.2) is 0 Å². The molecule has 1 saturated heterocycles. The molecule has 3 heterocycles. The van der Waals surface area contributed by atoms with E-state index in [1.165, 1.54) is 0 Å². The van der Waals surface area contributed by atoms with E-state index < -0.39 is 0 Å². The normalized spacial score (nSPS) is 17.6. The molecule has 5 rings (SSSR count). The van der Waals surface area contributed by atoms with Gasteiger partial charge >= 0.3 is 0 Å². The third-order valence-electron chi connectivity index (χ3n) is 5.71. The van der Waals surface area contributed by atoms with Gasteiger partial charge in [-0.2, -0.15) is 0 Å². The van der Waals surface area contributed by atoms with Crippen LogP contribution in [0.1, 0.15) is 37.4 Å². The second-order valence-electron chi connectivity index (χ2n) is 8.49. The molecule has 2 aromatic heterocycles. The maximum Gasteiger partial charge on any atom is 0.174 e. The number of thiocarbonyl (C=S) groups is 1. The molecule has 1 aliphatic heterocycles. The Bertz CT molecular complexity index is 1340. The fourth-order valence-electron chi connectivity index (χ4n) is 4.20. The van der Waals surface area contributed by atoms with Crippen LogP contribution >= 0.6 is 35.4 Å². The summed E-state index contributed by atoms with van der Waals surface area (Å²) < 4.78 is 12.2. The van der Waals surface area contributed by atoms with E-state index in [2.05, 4.69) is 15.2 Å². The summed E-state index contributed by atoms with van der Waals surface area (Å²) in [6.07, 6.45) is 1.88. The molecule has 0 spiro atoms. The molecule has 0 unspecified atom stereocenters. The average Bonchev–Trinajstić information content (AvgIpc) is 3.46. The number of hydrogen-bond donors (Lipinski definition) is 1. The van der Waals surface area contributed by atoms with Crippen molar-refractivity contribution >= 4 is 46.2 Å². The molecular formula is C27H23Cl2N3O2S. The van der Waals surface area contributed by atoms with E-state index in [9.17, 15) is 0 Å². The van der Waals surface area contributed by atoms with Crippen LogP contribution in [0.25, 0.3) is 11.3 Å². The molecule has 0 saturated carbocycles. The number of halogens is 2. The zero-order valence-electron chi connectivity index (χ0n) is 19.1. The number of anilines is 1. The van der Waals surface area contributed by atoms with E-state index in [1.807, 2.05) is 74.5 Å². The number of aromatic nitrogens is 1. The average molecular weight is 524 g/mol. The highest BCUT2D eigenvalue weighted by molar-refractivity contribution is 7.80. The van der Waals surface area contributed by atoms with Gasteiger partial charge in [0.1, 0.15) is 23.3 Å². The first-order valence-electron chi connectivity index (χ1n) is 11.2. The van der Waals surface area contributed by atoms with E-state index in [-0.39, 0.29) is 18.2 Å². The number of nitrogens with one attached hydrogen (secondary N) is 1. The van der Waals surface area contributed by atoms with Crippen molar-refractivity contribution in [2.45, 2.75) is 32.0 Å². The quantitative estimate of drug-likeness (QED) is 0.262. The van der Waals surface area contributed by atoms with Crippen LogP contribution in [0.5, 0.6) is 5.75 Å². The van der Waals surface area contributed by atoms with E-state index in [0.717, 1.165) is 28.5 Å². The molecule has 2 aromatic carbocycles. The van der Waals surface area contributed by atoms with E-state index in [4.69, 9.17) is 44.6 Å². The molecule has 0 radical (unpaired) electrons. The Labute approximate surface area is 219 Å². The largest absolute Gasteiger partial charge is 0.491 e. The molecule has 1 fully saturated rings. The molecular weight excluding hydrogens is 501 g/mol. The Morgan fingerprint density at radius 3 is 2.49 bits per heavy atom. The summed E-state index contributed by atoms with van der Waals surface area (Å²) in [5, 5.41) is 5.01. The number of furan rings is 1. The highest BCUT2D eigenvalue weighted by Crippen LogP contribution is 2.43. The summed E-state index contributed by atoms with van der Waals surface area (Å²) >= 11 is 18.1. The number of nitrogens with zero attached hydrogens (tertiary/aromatic N) is 2. The summed E-state index contributed by atoms with van der Waals surface area (Å²) in [5.41, 5.74) is 2.64. The van der Waals surface area contributed by atoms with Crippen molar-refractivity contribution in [2.24, 2.45) is 0 Å². The topological polar surface area (TPSA) is 50.5 Å². The smallest absolute Gasteiger partial charge is 0.174 e. The van der Waals surface area contributed by atoms with Crippen molar-refractivity contribution in [3.63, 3.8) is 0 Å². The molecule has 0 bridgehead atoms. The molecule has 0 aliphatic carbocycles. The van der Waals surface area contributed by atoms with E-state index in [0.29, 0.717) is 20.9 Å². The van der Waals surface area contributed by atoms with Gasteiger partial charge in [-0.15, -0.1) is 0 Å². The van der Waals surface area contributed by atoms with Crippen LogP contribution in [0.2, 0.25) is 10.0 Å². The number of rotatable bonds is 6. The van der Waals surface area contributed by atoms with E-state index in [1.54, 1.807) is 18.3 Å². The molecule has 1 aliphatic rings. The Hall–Kier alpha value is -3.06. The lowest BCUT2D eigenvalue weighted by Gasteiger charge is -2.26. The zero-order valence-corrected chi connectivity index (χ0v) is 21.4. The number of pyridine rings is 1. The Morgan fingerprint density at radius 1 is 1.00 bits per heavy atom. The molecule has 2 atom stereocenters. The number of hydrogen-bond acceptors (Lipinski definition) is 4. The van der Waals surface area contributed by atoms with Crippen LogP contribution in [0.4, 0.5) is 5.69 Å². The van der Waals surface area contributed by atoms with Crippen molar-refractivity contribution in [2.75, 3.05) is 4.90 Å².